The summed E-state index contributed by atoms with van der Waals surface area (Å²) in [7, 11) is 0. The van der Waals surface area contributed by atoms with Gasteiger partial charge in [0.1, 0.15) is 0 Å². The lowest BCUT2D eigenvalue weighted by Crippen LogP contribution is -2.33. The van der Waals surface area contributed by atoms with Gasteiger partial charge in [-0.2, -0.15) is 0 Å². The Morgan fingerprint density at radius 1 is 0.306 bits per heavy atom. The van der Waals surface area contributed by atoms with Crippen molar-refractivity contribution < 1.29 is 0 Å². The van der Waals surface area contributed by atoms with E-state index in [0.29, 0.717) is 0 Å². The fourth-order valence-electron chi connectivity index (χ4n) is 13.2. The van der Waals surface area contributed by atoms with Gasteiger partial charge in [0, 0.05) is 21.9 Å². The average Bonchev–Trinajstić information content (AvgIpc) is 4.02. The molecule has 12 aromatic rings. The Bertz CT molecular complexity index is 3900. The molecule has 72 heavy (non-hydrogen) atoms. The van der Waals surface area contributed by atoms with Crippen molar-refractivity contribution in [2.75, 3.05) is 0 Å². The molecule has 0 aliphatic heterocycles. The van der Waals surface area contributed by atoms with E-state index in [1.165, 1.54) is 117 Å². The molecule has 0 fully saturated rings. The van der Waals surface area contributed by atoms with Crippen LogP contribution in [0, 0.1) is 0 Å². The molecule has 0 saturated heterocycles. The van der Waals surface area contributed by atoms with Crippen LogP contribution in [0.25, 0.3) is 60.9 Å². The monoisotopic (exact) mass is 917 g/mol. The second kappa shape index (κ2) is 16.1. The van der Waals surface area contributed by atoms with Crippen LogP contribution in [-0.4, -0.2) is 4.57 Å². The standard InChI is InChI=1S/C71H51N/c1-69(2)63-34-20-18-32-57(63)58-42-39-56(47-64(58)69)72-67-35-21-19-33-61(67)62-44-48(37-43-68(62)72)49-36-40-59-60-41-38-55(46-66(60)71(65(59)45-49,53-28-14-6-15-29-53)54-30-16-7-17-31-54)70(50-22-8-3-9-23-50,51-24-10-4-11-25-51)52-26-12-5-13-27-52/h3-47H,1-2H3. The Morgan fingerprint density at radius 3 is 1.40 bits per heavy atom. The van der Waals surface area contributed by atoms with Gasteiger partial charge in [0.25, 0.3) is 0 Å². The Labute approximate surface area is 422 Å². The molecule has 1 heteroatoms. The van der Waals surface area contributed by atoms with Gasteiger partial charge in [0.15, 0.2) is 0 Å². The van der Waals surface area contributed by atoms with Gasteiger partial charge in [0.05, 0.1) is 21.9 Å². The third kappa shape index (κ3) is 5.95. The van der Waals surface area contributed by atoms with E-state index in [-0.39, 0.29) is 5.41 Å². The predicted molar refractivity (Wildman–Crippen MR) is 299 cm³/mol. The number of hydrogen-bond acceptors (Lipinski definition) is 0. The van der Waals surface area contributed by atoms with Crippen LogP contribution in [0.15, 0.2) is 273 Å². The molecule has 1 heterocycles. The van der Waals surface area contributed by atoms with Gasteiger partial charge in [-0.15, -0.1) is 0 Å². The Hall–Kier alpha value is -8.78. The molecule has 0 radical (unpaired) electrons. The van der Waals surface area contributed by atoms with Crippen LogP contribution in [0.3, 0.4) is 0 Å². The van der Waals surface area contributed by atoms with Crippen LogP contribution >= 0.6 is 0 Å². The lowest BCUT2D eigenvalue weighted by atomic mass is 9.63. The van der Waals surface area contributed by atoms with E-state index in [9.17, 15) is 0 Å². The largest absolute Gasteiger partial charge is 0.309 e. The first-order valence-electron chi connectivity index (χ1n) is 25.3. The molecule has 1 nitrogen and oxygen atoms in total. The highest BCUT2D eigenvalue weighted by molar-refractivity contribution is 6.10. The highest BCUT2D eigenvalue weighted by atomic mass is 15.0. The molecule has 11 aromatic carbocycles. The van der Waals surface area contributed by atoms with Gasteiger partial charge in [-0.25, -0.2) is 0 Å². The van der Waals surface area contributed by atoms with Crippen molar-refractivity contribution in [3.05, 3.63) is 329 Å². The third-order valence-corrected chi connectivity index (χ3v) is 16.4. The van der Waals surface area contributed by atoms with E-state index in [2.05, 4.69) is 291 Å². The maximum atomic E-state index is 2.56. The van der Waals surface area contributed by atoms with Crippen LogP contribution in [0.4, 0.5) is 0 Å². The molecule has 2 aliphatic carbocycles. The number of hydrogen-bond donors (Lipinski definition) is 0. The van der Waals surface area contributed by atoms with Crippen molar-refractivity contribution in [2.24, 2.45) is 0 Å². The zero-order valence-corrected chi connectivity index (χ0v) is 40.4. The number of aromatic nitrogens is 1. The molecular formula is C71H51N. The second-order valence-electron chi connectivity index (χ2n) is 20.3. The minimum absolute atomic E-state index is 0.0911. The summed E-state index contributed by atoms with van der Waals surface area (Å²) in [5, 5.41) is 2.50. The predicted octanol–water partition coefficient (Wildman–Crippen LogP) is 17.5. The first kappa shape index (κ1) is 42.1. The van der Waals surface area contributed by atoms with Gasteiger partial charge < -0.3 is 4.57 Å². The summed E-state index contributed by atoms with van der Waals surface area (Å²) < 4.78 is 2.47. The summed E-state index contributed by atoms with van der Waals surface area (Å²) in [6.45, 7) is 4.73. The van der Waals surface area contributed by atoms with Gasteiger partial charge in [0.2, 0.25) is 0 Å². The van der Waals surface area contributed by atoms with E-state index in [1.807, 2.05) is 0 Å². The molecule has 0 amide bonds. The summed E-state index contributed by atoms with van der Waals surface area (Å²) in [5.74, 6) is 0. The molecule has 0 bridgehead atoms. The summed E-state index contributed by atoms with van der Waals surface area (Å²) in [6, 6.07) is 102. The normalized spacial score (nSPS) is 13.9. The van der Waals surface area contributed by atoms with Crippen LogP contribution in [0.5, 0.6) is 0 Å². The van der Waals surface area contributed by atoms with Crippen molar-refractivity contribution in [3.8, 4) is 39.1 Å². The smallest absolute Gasteiger partial charge is 0.0713 e. The average molecular weight is 918 g/mol. The van der Waals surface area contributed by atoms with Crippen LogP contribution in [0.2, 0.25) is 0 Å². The fraction of sp³-hybridized carbons (Fsp3) is 0.0704. The Kier molecular flexibility index (Phi) is 9.44. The summed E-state index contributed by atoms with van der Waals surface area (Å²) >= 11 is 0. The first-order chi connectivity index (χ1) is 35.5. The summed E-state index contributed by atoms with van der Waals surface area (Å²) in [5.41, 5.74) is 22.6. The van der Waals surface area contributed by atoms with Gasteiger partial charge in [-0.1, -0.05) is 250 Å². The lowest BCUT2D eigenvalue weighted by Gasteiger charge is -2.39. The number of nitrogens with zero attached hydrogens (tertiary/aromatic N) is 1. The summed E-state index contributed by atoms with van der Waals surface area (Å²) in [4.78, 5) is 0. The minimum Gasteiger partial charge on any atom is -0.309 e. The molecule has 0 saturated carbocycles. The SMILES string of the molecule is CC1(C)c2ccccc2-c2ccc(-n3c4ccccc4c4cc(-c5ccc6c(c5)C(c5ccccc5)(c5ccccc5)c5cc(C(c7ccccc7)(c7ccccc7)c7ccccc7)ccc5-6)ccc43)cc21. The van der Waals surface area contributed by atoms with E-state index in [4.69, 9.17) is 0 Å². The molecule has 0 unspecified atom stereocenters. The number of fused-ring (bicyclic) bond motifs is 9. The fourth-order valence-corrected chi connectivity index (χ4v) is 13.2. The second-order valence-corrected chi connectivity index (χ2v) is 20.3. The van der Waals surface area contributed by atoms with Crippen molar-refractivity contribution in [2.45, 2.75) is 30.1 Å². The highest BCUT2D eigenvalue weighted by Crippen LogP contribution is 2.59. The van der Waals surface area contributed by atoms with Gasteiger partial charge in [-0.05, 0) is 125 Å². The van der Waals surface area contributed by atoms with E-state index in [0.717, 1.165) is 0 Å². The number of benzene rings is 11. The Balaban J connectivity index is 0.984. The topological polar surface area (TPSA) is 4.93 Å². The van der Waals surface area contributed by atoms with Gasteiger partial charge >= 0.3 is 0 Å². The minimum atomic E-state index is -0.629. The van der Waals surface area contributed by atoms with Crippen molar-refractivity contribution in [1.29, 1.82) is 0 Å². The quantitative estimate of drug-likeness (QED) is 0.134. The van der Waals surface area contributed by atoms with E-state index in [1.54, 1.807) is 0 Å². The summed E-state index contributed by atoms with van der Waals surface area (Å²) in [6.07, 6.45) is 0. The van der Waals surface area contributed by atoms with Crippen molar-refractivity contribution in [1.82, 2.24) is 4.57 Å². The first-order valence-corrected chi connectivity index (χ1v) is 25.3. The zero-order valence-electron chi connectivity index (χ0n) is 40.4. The molecule has 2 aliphatic rings. The maximum Gasteiger partial charge on any atom is 0.0713 e. The molecule has 14 rings (SSSR count). The van der Waals surface area contributed by atoms with Gasteiger partial charge in [-0.3, -0.25) is 0 Å². The molecule has 0 N–H and O–H groups in total. The number of rotatable bonds is 8. The lowest BCUT2D eigenvalue weighted by molar-refractivity contribution is 0.660. The van der Waals surface area contributed by atoms with E-state index >= 15 is 0 Å². The van der Waals surface area contributed by atoms with Crippen molar-refractivity contribution in [3.63, 3.8) is 0 Å². The number of para-hydroxylation sites is 1. The molecule has 1 aromatic heterocycles. The maximum absolute atomic E-state index is 2.56. The zero-order chi connectivity index (χ0) is 48.0. The molecular weight excluding hydrogens is 867 g/mol. The van der Waals surface area contributed by atoms with Crippen LogP contribution in [0.1, 0.15) is 69.5 Å². The van der Waals surface area contributed by atoms with E-state index < -0.39 is 10.8 Å². The Morgan fingerprint density at radius 2 is 0.764 bits per heavy atom. The molecule has 340 valence electrons. The van der Waals surface area contributed by atoms with Crippen LogP contribution < -0.4 is 0 Å². The van der Waals surface area contributed by atoms with Crippen molar-refractivity contribution >= 4 is 21.8 Å². The molecule has 0 atom stereocenters. The van der Waals surface area contributed by atoms with Crippen LogP contribution in [-0.2, 0) is 16.2 Å². The third-order valence-electron chi connectivity index (χ3n) is 16.4. The highest BCUT2D eigenvalue weighted by Gasteiger charge is 2.48. The molecule has 0 spiro atoms.